The van der Waals surface area contributed by atoms with Crippen molar-refractivity contribution in [1.82, 2.24) is 14.8 Å². The normalized spacial score (nSPS) is 10.7. The van der Waals surface area contributed by atoms with Gasteiger partial charge in [0.25, 0.3) is 11.5 Å². The lowest BCUT2D eigenvalue weighted by atomic mass is 10.1. The molecule has 0 atom stereocenters. The zero-order valence-electron chi connectivity index (χ0n) is 19.9. The molecule has 0 aliphatic rings. The minimum Gasteiger partial charge on any atom is -0.351 e. The first-order valence-corrected chi connectivity index (χ1v) is 11.3. The average molecular weight is 452 g/mol. The van der Waals surface area contributed by atoms with Crippen LogP contribution in [0.3, 0.4) is 0 Å². The smallest absolute Gasteiger partial charge is 0.269 e. The molecule has 0 bridgehead atoms. The number of benzene rings is 1. The Morgan fingerprint density at radius 3 is 2.27 bits per heavy atom. The molecule has 0 saturated carbocycles. The van der Waals surface area contributed by atoms with Gasteiger partial charge in [0.1, 0.15) is 18.2 Å². The predicted molar refractivity (Wildman–Crippen MR) is 129 cm³/mol. The van der Waals surface area contributed by atoms with Crippen molar-refractivity contribution < 1.29 is 9.59 Å². The van der Waals surface area contributed by atoms with E-state index in [2.05, 4.69) is 29.4 Å². The molecule has 0 unspecified atom stereocenters. The molecule has 0 aliphatic heterocycles. The van der Waals surface area contributed by atoms with E-state index in [0.29, 0.717) is 29.1 Å². The minimum atomic E-state index is -0.478. The molecule has 2 N–H and O–H groups in total. The van der Waals surface area contributed by atoms with Crippen molar-refractivity contribution >= 4 is 17.5 Å². The highest BCUT2D eigenvalue weighted by molar-refractivity contribution is 5.95. The third-order valence-electron chi connectivity index (χ3n) is 5.34. The van der Waals surface area contributed by atoms with Gasteiger partial charge in [-0.15, -0.1) is 0 Å². The van der Waals surface area contributed by atoms with Crippen LogP contribution in [0.2, 0.25) is 0 Å². The number of nitrogens with one attached hydrogen (secondary N) is 2. The first-order valence-electron chi connectivity index (χ1n) is 11.3. The van der Waals surface area contributed by atoms with Gasteiger partial charge in [-0.05, 0) is 75.7 Å². The quantitative estimate of drug-likeness (QED) is 0.546. The van der Waals surface area contributed by atoms with Crippen LogP contribution in [-0.4, -0.2) is 47.5 Å². The van der Waals surface area contributed by atoms with E-state index < -0.39 is 11.5 Å². The summed E-state index contributed by atoms with van der Waals surface area (Å²) in [5, 5.41) is 14.8. The number of pyridine rings is 1. The number of hydrogen-bond acceptors (Lipinski definition) is 5. The molecule has 8 heteroatoms. The fraction of sp³-hybridized carbons (Fsp3) is 0.440. The average Bonchev–Trinajstić information content (AvgIpc) is 2.77. The standard InChI is InChI=1S/C25H33N5O3/c1-5-12-29(13-6-2)14-11-27-24(32)20-7-9-21(10-8-20)28-23(31)17-30-19(4)15-18(3)22(16-26)25(30)33/h7-10,15H,5-6,11-14,17H2,1-4H3,(H,27,32)(H,28,31). The van der Waals surface area contributed by atoms with E-state index in [1.165, 1.54) is 4.57 Å². The molecule has 1 heterocycles. The van der Waals surface area contributed by atoms with Crippen LogP contribution in [0.5, 0.6) is 0 Å². The Morgan fingerprint density at radius 2 is 1.70 bits per heavy atom. The number of rotatable bonds is 11. The van der Waals surface area contributed by atoms with Crippen LogP contribution in [0.1, 0.15) is 53.9 Å². The summed E-state index contributed by atoms with van der Waals surface area (Å²) in [6.07, 6.45) is 2.16. The van der Waals surface area contributed by atoms with E-state index in [1.807, 2.05) is 6.07 Å². The number of anilines is 1. The molecule has 0 spiro atoms. The van der Waals surface area contributed by atoms with Gasteiger partial charge < -0.3 is 20.1 Å². The molecule has 0 aliphatic carbocycles. The largest absolute Gasteiger partial charge is 0.351 e. The lowest BCUT2D eigenvalue weighted by Gasteiger charge is -2.20. The van der Waals surface area contributed by atoms with Crippen molar-refractivity contribution in [3.63, 3.8) is 0 Å². The molecule has 0 saturated heterocycles. The molecule has 2 rings (SSSR count). The second kappa shape index (κ2) is 12.6. The molecule has 176 valence electrons. The second-order valence-electron chi connectivity index (χ2n) is 8.07. The number of carbonyl (C=O) groups is 2. The van der Waals surface area contributed by atoms with E-state index in [0.717, 1.165) is 32.5 Å². The monoisotopic (exact) mass is 451 g/mol. The summed E-state index contributed by atoms with van der Waals surface area (Å²) in [6.45, 7) is 10.9. The lowest BCUT2D eigenvalue weighted by molar-refractivity contribution is -0.116. The van der Waals surface area contributed by atoms with Crippen molar-refractivity contribution in [1.29, 1.82) is 5.26 Å². The lowest BCUT2D eigenvalue weighted by Crippen LogP contribution is -2.35. The van der Waals surface area contributed by atoms with Gasteiger partial charge in [-0.1, -0.05) is 13.8 Å². The number of amides is 2. The topological polar surface area (TPSA) is 107 Å². The van der Waals surface area contributed by atoms with Gasteiger partial charge in [-0.3, -0.25) is 14.4 Å². The van der Waals surface area contributed by atoms with Gasteiger partial charge in [0.15, 0.2) is 0 Å². The van der Waals surface area contributed by atoms with E-state index in [1.54, 1.807) is 44.2 Å². The van der Waals surface area contributed by atoms with Crippen LogP contribution in [0.15, 0.2) is 35.1 Å². The fourth-order valence-corrected chi connectivity index (χ4v) is 3.71. The van der Waals surface area contributed by atoms with Crippen molar-refractivity contribution in [2.75, 3.05) is 31.5 Å². The van der Waals surface area contributed by atoms with Crippen molar-refractivity contribution in [2.45, 2.75) is 47.1 Å². The third kappa shape index (κ3) is 7.29. The van der Waals surface area contributed by atoms with E-state index in [-0.39, 0.29) is 18.0 Å². The molecule has 2 aromatic rings. The molecule has 2 amide bonds. The summed E-state index contributed by atoms with van der Waals surface area (Å²) in [5.41, 5.74) is 1.79. The van der Waals surface area contributed by atoms with Crippen LogP contribution in [0.25, 0.3) is 0 Å². The van der Waals surface area contributed by atoms with Gasteiger partial charge in [0.2, 0.25) is 5.91 Å². The zero-order valence-corrected chi connectivity index (χ0v) is 19.9. The Kier molecular flexibility index (Phi) is 9.83. The summed E-state index contributed by atoms with van der Waals surface area (Å²) in [5.74, 6) is -0.552. The zero-order chi connectivity index (χ0) is 24.4. The maximum absolute atomic E-state index is 12.5. The van der Waals surface area contributed by atoms with Crippen LogP contribution in [0, 0.1) is 25.2 Å². The number of aromatic nitrogens is 1. The van der Waals surface area contributed by atoms with Gasteiger partial charge in [0, 0.05) is 30.0 Å². The van der Waals surface area contributed by atoms with Gasteiger partial charge in [-0.25, -0.2) is 0 Å². The summed E-state index contributed by atoms with van der Waals surface area (Å²) in [7, 11) is 0. The molecule has 1 aromatic carbocycles. The fourth-order valence-electron chi connectivity index (χ4n) is 3.71. The number of hydrogen-bond donors (Lipinski definition) is 2. The number of nitrogens with zero attached hydrogens (tertiary/aromatic N) is 3. The van der Waals surface area contributed by atoms with E-state index in [9.17, 15) is 19.6 Å². The summed E-state index contributed by atoms with van der Waals surface area (Å²) >= 11 is 0. The number of aryl methyl sites for hydroxylation is 2. The van der Waals surface area contributed by atoms with Gasteiger partial charge >= 0.3 is 0 Å². The van der Waals surface area contributed by atoms with Crippen LogP contribution in [0.4, 0.5) is 5.69 Å². The maximum atomic E-state index is 12.5. The Hall–Kier alpha value is -3.44. The Bertz CT molecular complexity index is 1060. The SMILES string of the molecule is CCCN(CCC)CCNC(=O)c1ccc(NC(=O)Cn2c(C)cc(C)c(C#N)c2=O)cc1. The van der Waals surface area contributed by atoms with Crippen LogP contribution in [-0.2, 0) is 11.3 Å². The minimum absolute atomic E-state index is 0.0382. The van der Waals surface area contributed by atoms with E-state index >= 15 is 0 Å². The molecule has 1 aromatic heterocycles. The van der Waals surface area contributed by atoms with Gasteiger partial charge in [-0.2, -0.15) is 5.26 Å². The molecule has 0 fully saturated rings. The highest BCUT2D eigenvalue weighted by atomic mass is 16.2. The van der Waals surface area contributed by atoms with Crippen molar-refractivity contribution in [3.8, 4) is 6.07 Å². The second-order valence-corrected chi connectivity index (χ2v) is 8.07. The molecule has 8 nitrogen and oxygen atoms in total. The maximum Gasteiger partial charge on any atom is 0.269 e. The molecular weight excluding hydrogens is 418 g/mol. The van der Waals surface area contributed by atoms with Gasteiger partial charge in [0.05, 0.1) is 0 Å². The summed E-state index contributed by atoms with van der Waals surface area (Å²) in [4.78, 5) is 39.7. The molecule has 0 radical (unpaired) electrons. The van der Waals surface area contributed by atoms with Crippen molar-refractivity contribution in [3.05, 3.63) is 63.1 Å². The first kappa shape index (κ1) is 25.8. The summed E-state index contributed by atoms with van der Waals surface area (Å²) < 4.78 is 1.28. The molecule has 33 heavy (non-hydrogen) atoms. The number of carbonyl (C=O) groups excluding carboxylic acids is 2. The highest BCUT2D eigenvalue weighted by Crippen LogP contribution is 2.11. The highest BCUT2D eigenvalue weighted by Gasteiger charge is 2.13. The summed E-state index contributed by atoms with van der Waals surface area (Å²) in [6, 6.07) is 10.2. The third-order valence-corrected chi connectivity index (χ3v) is 5.34. The Balaban J connectivity index is 1.94. The van der Waals surface area contributed by atoms with E-state index in [4.69, 9.17) is 0 Å². The molecular formula is C25H33N5O3. The Labute approximate surface area is 195 Å². The first-order chi connectivity index (χ1) is 15.8. The number of nitriles is 1. The van der Waals surface area contributed by atoms with Crippen LogP contribution >= 0.6 is 0 Å². The van der Waals surface area contributed by atoms with Crippen LogP contribution < -0.4 is 16.2 Å². The predicted octanol–water partition coefficient (Wildman–Crippen LogP) is 2.83. The van der Waals surface area contributed by atoms with Crippen molar-refractivity contribution in [2.24, 2.45) is 0 Å². The Morgan fingerprint density at radius 1 is 1.06 bits per heavy atom.